The number of amides is 1. The molecule has 0 saturated carbocycles. The van der Waals surface area contributed by atoms with Crippen molar-refractivity contribution >= 4 is 17.7 Å². The number of nitrogens with two attached hydrogens (primary N) is 1. The van der Waals surface area contributed by atoms with Crippen LogP contribution in [0, 0.1) is 5.92 Å². The number of carbonyl (C=O) groups is 1. The number of rotatable bonds is 3. The van der Waals surface area contributed by atoms with E-state index in [9.17, 15) is 4.79 Å². The fourth-order valence-electron chi connectivity index (χ4n) is 2.57. The van der Waals surface area contributed by atoms with Gasteiger partial charge in [-0.2, -0.15) is 11.8 Å². The molecule has 2 rings (SSSR count). The second-order valence-corrected chi connectivity index (χ2v) is 5.46. The molecule has 0 bridgehead atoms. The Labute approximate surface area is 94.9 Å². The third-order valence-electron chi connectivity index (χ3n) is 3.52. The number of nitrogens with one attached hydrogen (secondary N) is 1. The number of likely N-dealkylation sites (tertiary alicyclic amines) is 1. The Balaban J connectivity index is 1.92. The zero-order valence-electron chi connectivity index (χ0n) is 9.11. The molecule has 1 amide bonds. The first-order valence-corrected chi connectivity index (χ1v) is 6.78. The minimum atomic E-state index is -0.135. The van der Waals surface area contributed by atoms with Gasteiger partial charge in [-0.25, -0.2) is 0 Å². The lowest BCUT2D eigenvalue weighted by atomic mass is 10.1. The van der Waals surface area contributed by atoms with Crippen LogP contribution in [-0.4, -0.2) is 54.5 Å². The maximum atomic E-state index is 11.1. The van der Waals surface area contributed by atoms with Crippen molar-refractivity contribution in [2.45, 2.75) is 17.7 Å². The summed E-state index contributed by atoms with van der Waals surface area (Å²) in [4.78, 5) is 13.5. The largest absolute Gasteiger partial charge is 0.369 e. The average Bonchev–Trinajstić information content (AvgIpc) is 2.85. The second kappa shape index (κ2) is 4.72. The van der Waals surface area contributed by atoms with E-state index in [1.54, 1.807) is 0 Å². The zero-order valence-corrected chi connectivity index (χ0v) is 9.93. The highest BCUT2D eigenvalue weighted by Gasteiger charge is 2.36. The Morgan fingerprint density at radius 3 is 2.93 bits per heavy atom. The first-order chi connectivity index (χ1) is 7.22. The van der Waals surface area contributed by atoms with Crippen LogP contribution in [0.2, 0.25) is 0 Å². The van der Waals surface area contributed by atoms with E-state index >= 15 is 0 Å². The Kier molecular flexibility index (Phi) is 3.53. The zero-order chi connectivity index (χ0) is 10.8. The van der Waals surface area contributed by atoms with Crippen LogP contribution >= 0.6 is 11.8 Å². The summed E-state index contributed by atoms with van der Waals surface area (Å²) in [6.07, 6.45) is 3.10. The number of primary amides is 1. The summed E-state index contributed by atoms with van der Waals surface area (Å²) in [6.45, 7) is 4.02. The Morgan fingerprint density at radius 2 is 2.33 bits per heavy atom. The Hall–Kier alpha value is -0.260. The SMILES string of the molecule is CSC1CNCC1N1CCC(C(N)=O)C1. The molecule has 4 nitrogen and oxygen atoms in total. The first-order valence-electron chi connectivity index (χ1n) is 5.49. The topological polar surface area (TPSA) is 58.4 Å². The molecular weight excluding hydrogens is 210 g/mol. The summed E-state index contributed by atoms with van der Waals surface area (Å²) >= 11 is 1.92. The van der Waals surface area contributed by atoms with Crippen LogP contribution < -0.4 is 11.1 Å². The van der Waals surface area contributed by atoms with Crippen molar-refractivity contribution in [2.24, 2.45) is 11.7 Å². The van der Waals surface area contributed by atoms with Crippen LogP contribution in [0.4, 0.5) is 0 Å². The van der Waals surface area contributed by atoms with Gasteiger partial charge in [0.2, 0.25) is 5.91 Å². The van der Waals surface area contributed by atoms with E-state index in [1.807, 2.05) is 11.8 Å². The summed E-state index contributed by atoms with van der Waals surface area (Å²) in [5, 5.41) is 4.08. The molecule has 2 heterocycles. The fourth-order valence-corrected chi connectivity index (χ4v) is 3.43. The van der Waals surface area contributed by atoms with Crippen LogP contribution in [0.15, 0.2) is 0 Å². The van der Waals surface area contributed by atoms with Gasteiger partial charge < -0.3 is 11.1 Å². The normalized spacial score (nSPS) is 37.3. The molecule has 3 unspecified atom stereocenters. The van der Waals surface area contributed by atoms with Crippen molar-refractivity contribution in [1.82, 2.24) is 10.2 Å². The maximum absolute atomic E-state index is 11.1. The van der Waals surface area contributed by atoms with Crippen molar-refractivity contribution in [3.8, 4) is 0 Å². The van der Waals surface area contributed by atoms with Crippen molar-refractivity contribution in [3.63, 3.8) is 0 Å². The predicted octanol–water partition coefficient (Wildman–Crippen LogP) is -0.503. The van der Waals surface area contributed by atoms with E-state index in [4.69, 9.17) is 5.73 Å². The van der Waals surface area contributed by atoms with Crippen molar-refractivity contribution < 1.29 is 4.79 Å². The highest BCUT2D eigenvalue weighted by molar-refractivity contribution is 7.99. The summed E-state index contributed by atoms with van der Waals surface area (Å²) < 4.78 is 0. The molecule has 15 heavy (non-hydrogen) atoms. The molecule has 3 N–H and O–H groups in total. The van der Waals surface area contributed by atoms with Crippen LogP contribution in [-0.2, 0) is 4.79 Å². The van der Waals surface area contributed by atoms with E-state index < -0.39 is 0 Å². The Morgan fingerprint density at radius 1 is 1.53 bits per heavy atom. The van der Waals surface area contributed by atoms with Crippen molar-refractivity contribution in [2.75, 3.05) is 32.4 Å². The maximum Gasteiger partial charge on any atom is 0.221 e. The van der Waals surface area contributed by atoms with Gasteiger partial charge >= 0.3 is 0 Å². The summed E-state index contributed by atoms with van der Waals surface area (Å²) in [6, 6.07) is 0.587. The molecule has 5 heteroatoms. The van der Waals surface area contributed by atoms with Gasteiger partial charge in [-0.3, -0.25) is 9.69 Å². The molecule has 86 valence electrons. The van der Waals surface area contributed by atoms with Crippen LogP contribution in [0.1, 0.15) is 6.42 Å². The first kappa shape index (κ1) is 11.2. The monoisotopic (exact) mass is 229 g/mol. The van der Waals surface area contributed by atoms with E-state index in [0.29, 0.717) is 11.3 Å². The van der Waals surface area contributed by atoms with Gasteiger partial charge in [0.05, 0.1) is 5.92 Å². The number of hydrogen-bond donors (Lipinski definition) is 2. The van der Waals surface area contributed by atoms with E-state index in [1.165, 1.54) is 0 Å². The number of thioether (sulfide) groups is 1. The molecular formula is C10H19N3OS. The summed E-state index contributed by atoms with van der Waals surface area (Å²) in [5.74, 6) is -0.0581. The van der Waals surface area contributed by atoms with Crippen LogP contribution in [0.3, 0.4) is 0 Å². The highest BCUT2D eigenvalue weighted by Crippen LogP contribution is 2.25. The molecule has 0 aromatic heterocycles. The number of carbonyl (C=O) groups excluding carboxylic acids is 1. The van der Waals surface area contributed by atoms with Crippen LogP contribution in [0.5, 0.6) is 0 Å². The lowest BCUT2D eigenvalue weighted by Crippen LogP contribution is -2.41. The minimum Gasteiger partial charge on any atom is -0.369 e. The highest BCUT2D eigenvalue weighted by atomic mass is 32.2. The van der Waals surface area contributed by atoms with E-state index in [0.717, 1.165) is 32.6 Å². The quantitative estimate of drug-likeness (QED) is 0.685. The number of nitrogens with zero attached hydrogens (tertiary/aromatic N) is 1. The molecule has 2 saturated heterocycles. The van der Waals surface area contributed by atoms with Crippen molar-refractivity contribution in [3.05, 3.63) is 0 Å². The number of hydrogen-bond acceptors (Lipinski definition) is 4. The molecule has 2 aliphatic rings. The van der Waals surface area contributed by atoms with Crippen molar-refractivity contribution in [1.29, 1.82) is 0 Å². The molecule has 0 spiro atoms. The molecule has 2 fully saturated rings. The summed E-state index contributed by atoms with van der Waals surface area (Å²) in [7, 11) is 0. The predicted molar refractivity (Wildman–Crippen MR) is 62.8 cm³/mol. The molecule has 0 radical (unpaired) electrons. The molecule has 0 aliphatic carbocycles. The molecule has 0 aromatic carbocycles. The van der Waals surface area contributed by atoms with E-state index in [-0.39, 0.29) is 11.8 Å². The average molecular weight is 229 g/mol. The van der Waals surface area contributed by atoms with Gasteiger partial charge in [0.15, 0.2) is 0 Å². The van der Waals surface area contributed by atoms with Gasteiger partial charge in [-0.1, -0.05) is 0 Å². The Bertz CT molecular complexity index is 249. The lowest BCUT2D eigenvalue weighted by Gasteiger charge is -2.27. The van der Waals surface area contributed by atoms with E-state index in [2.05, 4.69) is 16.5 Å². The molecule has 2 aliphatic heterocycles. The van der Waals surface area contributed by atoms with Gasteiger partial charge in [0.1, 0.15) is 0 Å². The fraction of sp³-hybridized carbons (Fsp3) is 0.900. The summed E-state index contributed by atoms with van der Waals surface area (Å²) in [5.41, 5.74) is 5.34. The van der Waals surface area contributed by atoms with Gasteiger partial charge in [-0.05, 0) is 19.2 Å². The smallest absolute Gasteiger partial charge is 0.221 e. The molecule has 0 aromatic rings. The minimum absolute atomic E-state index is 0.0770. The van der Waals surface area contributed by atoms with Crippen LogP contribution in [0.25, 0.3) is 0 Å². The molecule has 3 atom stereocenters. The van der Waals surface area contributed by atoms with Gasteiger partial charge in [0, 0.05) is 30.9 Å². The lowest BCUT2D eigenvalue weighted by molar-refractivity contribution is -0.121. The third kappa shape index (κ3) is 2.29. The second-order valence-electron chi connectivity index (χ2n) is 4.38. The third-order valence-corrected chi connectivity index (χ3v) is 4.61. The van der Waals surface area contributed by atoms with Gasteiger partial charge in [0.25, 0.3) is 0 Å². The van der Waals surface area contributed by atoms with Gasteiger partial charge in [-0.15, -0.1) is 0 Å². The standard InChI is InChI=1S/C10H19N3OS/c1-15-9-5-12-4-8(9)13-3-2-7(6-13)10(11)14/h7-9,12H,2-6H2,1H3,(H2,11,14).